The van der Waals surface area contributed by atoms with E-state index in [0.717, 1.165) is 5.56 Å². The van der Waals surface area contributed by atoms with Crippen molar-refractivity contribution in [2.45, 2.75) is 6.92 Å². The molecule has 0 heterocycles. The molecule has 3 N–H and O–H groups in total. The minimum atomic E-state index is -0.295. The van der Waals surface area contributed by atoms with E-state index in [1.807, 2.05) is 13.0 Å². The number of anilines is 2. The molecule has 110 valence electrons. The Balaban J connectivity index is 1.95. The quantitative estimate of drug-likeness (QED) is 0.838. The summed E-state index contributed by atoms with van der Waals surface area (Å²) in [4.78, 5) is 11.8. The van der Waals surface area contributed by atoms with Crippen LogP contribution in [-0.4, -0.2) is 12.5 Å². The largest absolute Gasteiger partial charge is 0.483 e. The molecule has 1 amide bonds. The summed E-state index contributed by atoms with van der Waals surface area (Å²) in [5, 5.41) is 3.68. The lowest BCUT2D eigenvalue weighted by Gasteiger charge is -2.10. The number of nitrogens with two attached hydrogens (primary N) is 1. The van der Waals surface area contributed by atoms with Crippen LogP contribution in [-0.2, 0) is 4.79 Å². The third-order valence-electron chi connectivity index (χ3n) is 2.79. The molecule has 0 bridgehead atoms. The first kappa shape index (κ1) is 15.5. The minimum absolute atomic E-state index is 0.121. The van der Waals surface area contributed by atoms with Crippen LogP contribution in [0, 0.1) is 6.92 Å². The molecule has 21 heavy (non-hydrogen) atoms. The van der Waals surface area contributed by atoms with Gasteiger partial charge in [0.15, 0.2) is 6.61 Å². The second kappa shape index (κ2) is 6.70. The van der Waals surface area contributed by atoms with Gasteiger partial charge in [0.25, 0.3) is 5.91 Å². The number of hydrogen-bond donors (Lipinski definition) is 2. The molecule has 0 atom stereocenters. The van der Waals surface area contributed by atoms with Gasteiger partial charge in [-0.3, -0.25) is 4.79 Å². The highest BCUT2D eigenvalue weighted by atomic mass is 35.5. The topological polar surface area (TPSA) is 64.3 Å². The van der Waals surface area contributed by atoms with Crippen LogP contribution in [0.5, 0.6) is 5.75 Å². The molecular weight excluding hydrogens is 311 g/mol. The summed E-state index contributed by atoms with van der Waals surface area (Å²) >= 11 is 11.7. The highest BCUT2D eigenvalue weighted by Crippen LogP contribution is 2.23. The molecule has 0 unspecified atom stereocenters. The van der Waals surface area contributed by atoms with Gasteiger partial charge in [-0.05, 0) is 42.8 Å². The third-order valence-corrected chi connectivity index (χ3v) is 3.37. The third kappa shape index (κ3) is 4.28. The first-order valence-corrected chi connectivity index (χ1v) is 6.95. The zero-order valence-corrected chi connectivity index (χ0v) is 12.8. The fourth-order valence-corrected chi connectivity index (χ4v) is 1.97. The Kier molecular flexibility index (Phi) is 4.94. The van der Waals surface area contributed by atoms with E-state index in [0.29, 0.717) is 27.2 Å². The summed E-state index contributed by atoms with van der Waals surface area (Å²) < 4.78 is 5.45. The van der Waals surface area contributed by atoms with Gasteiger partial charge in [0, 0.05) is 10.7 Å². The summed E-state index contributed by atoms with van der Waals surface area (Å²) in [6.07, 6.45) is 0. The average molecular weight is 325 g/mol. The number of carbonyl (C=O) groups excluding carboxylic acids is 1. The Bertz CT molecular complexity index is 675. The monoisotopic (exact) mass is 324 g/mol. The van der Waals surface area contributed by atoms with E-state index in [2.05, 4.69) is 5.32 Å². The maximum Gasteiger partial charge on any atom is 0.262 e. The maximum atomic E-state index is 11.8. The van der Waals surface area contributed by atoms with Crippen molar-refractivity contribution in [2.75, 3.05) is 17.7 Å². The highest BCUT2D eigenvalue weighted by molar-refractivity contribution is 6.33. The fourth-order valence-electron chi connectivity index (χ4n) is 1.69. The number of nitrogen functional groups attached to an aromatic ring is 1. The van der Waals surface area contributed by atoms with Crippen LogP contribution < -0.4 is 15.8 Å². The van der Waals surface area contributed by atoms with Crippen LogP contribution >= 0.6 is 23.2 Å². The Hall–Kier alpha value is -1.91. The molecule has 0 fully saturated rings. The summed E-state index contributed by atoms with van der Waals surface area (Å²) in [6, 6.07) is 10.1. The number of benzene rings is 2. The van der Waals surface area contributed by atoms with E-state index in [9.17, 15) is 4.79 Å². The van der Waals surface area contributed by atoms with E-state index in [1.165, 1.54) is 0 Å². The van der Waals surface area contributed by atoms with E-state index in [-0.39, 0.29) is 12.5 Å². The molecule has 0 aromatic heterocycles. The van der Waals surface area contributed by atoms with Crippen LogP contribution in [0.25, 0.3) is 0 Å². The lowest BCUT2D eigenvalue weighted by Crippen LogP contribution is -2.20. The van der Waals surface area contributed by atoms with E-state index < -0.39 is 0 Å². The first-order chi connectivity index (χ1) is 9.95. The second-order valence-corrected chi connectivity index (χ2v) is 5.33. The maximum absolute atomic E-state index is 11.8. The number of hydrogen-bond acceptors (Lipinski definition) is 3. The SMILES string of the molecule is Cc1ccc(Cl)cc1OCC(=O)Nc1ccc(Cl)c(N)c1. The standard InChI is InChI=1S/C15H14Cl2N2O2/c1-9-2-3-10(16)6-14(9)21-8-15(20)19-11-4-5-12(17)13(18)7-11/h2-7H,8,18H2,1H3,(H,19,20). The van der Waals surface area contributed by atoms with Crippen molar-refractivity contribution in [3.8, 4) is 5.75 Å². The van der Waals surface area contributed by atoms with E-state index in [4.69, 9.17) is 33.7 Å². The van der Waals surface area contributed by atoms with Crippen molar-refractivity contribution in [1.29, 1.82) is 0 Å². The summed E-state index contributed by atoms with van der Waals surface area (Å²) in [5.41, 5.74) is 7.54. The van der Waals surface area contributed by atoms with Gasteiger partial charge in [-0.15, -0.1) is 0 Å². The van der Waals surface area contributed by atoms with Crippen LogP contribution in [0.1, 0.15) is 5.56 Å². The van der Waals surface area contributed by atoms with Gasteiger partial charge in [0.1, 0.15) is 5.75 Å². The van der Waals surface area contributed by atoms with Crippen molar-refractivity contribution in [2.24, 2.45) is 0 Å². The predicted molar refractivity (Wildman–Crippen MR) is 86.2 cm³/mol. The smallest absolute Gasteiger partial charge is 0.262 e. The van der Waals surface area contributed by atoms with Crippen molar-refractivity contribution in [1.82, 2.24) is 0 Å². The number of aryl methyl sites for hydroxylation is 1. The van der Waals surface area contributed by atoms with Crippen molar-refractivity contribution in [3.05, 3.63) is 52.0 Å². The van der Waals surface area contributed by atoms with Gasteiger partial charge in [0.2, 0.25) is 0 Å². The van der Waals surface area contributed by atoms with Crippen LogP contribution in [0.4, 0.5) is 11.4 Å². The molecule has 2 rings (SSSR count). The molecule has 0 saturated carbocycles. The average Bonchev–Trinajstić information content (AvgIpc) is 2.44. The first-order valence-electron chi connectivity index (χ1n) is 6.19. The molecule has 4 nitrogen and oxygen atoms in total. The zero-order chi connectivity index (χ0) is 15.4. The van der Waals surface area contributed by atoms with Crippen LogP contribution in [0.2, 0.25) is 10.0 Å². The van der Waals surface area contributed by atoms with Crippen molar-refractivity contribution in [3.63, 3.8) is 0 Å². The Labute approximate surface area is 132 Å². The summed E-state index contributed by atoms with van der Waals surface area (Å²) in [7, 11) is 0. The highest BCUT2D eigenvalue weighted by Gasteiger charge is 2.07. The molecule has 0 aliphatic rings. The van der Waals surface area contributed by atoms with Gasteiger partial charge in [-0.2, -0.15) is 0 Å². The zero-order valence-electron chi connectivity index (χ0n) is 11.3. The van der Waals surface area contributed by atoms with E-state index in [1.54, 1.807) is 30.3 Å². The molecule has 6 heteroatoms. The summed E-state index contributed by atoms with van der Waals surface area (Å²) in [5.74, 6) is 0.282. The van der Waals surface area contributed by atoms with Gasteiger partial charge >= 0.3 is 0 Å². The van der Waals surface area contributed by atoms with Gasteiger partial charge in [-0.1, -0.05) is 29.3 Å². The molecule has 0 saturated heterocycles. The molecule has 2 aromatic rings. The Morgan fingerprint density at radius 2 is 2.00 bits per heavy atom. The summed E-state index contributed by atoms with van der Waals surface area (Å²) in [6.45, 7) is 1.76. The molecule has 0 aliphatic heterocycles. The minimum Gasteiger partial charge on any atom is -0.483 e. The number of ether oxygens (including phenoxy) is 1. The van der Waals surface area contributed by atoms with Crippen molar-refractivity contribution < 1.29 is 9.53 Å². The number of carbonyl (C=O) groups is 1. The molecule has 2 aromatic carbocycles. The second-order valence-electron chi connectivity index (χ2n) is 4.48. The number of rotatable bonds is 4. The number of nitrogens with one attached hydrogen (secondary N) is 1. The number of halogens is 2. The van der Waals surface area contributed by atoms with Gasteiger partial charge in [-0.25, -0.2) is 0 Å². The molecule has 0 aliphatic carbocycles. The van der Waals surface area contributed by atoms with Crippen LogP contribution in [0.15, 0.2) is 36.4 Å². The molecular formula is C15H14Cl2N2O2. The van der Waals surface area contributed by atoms with Gasteiger partial charge < -0.3 is 15.8 Å². The lowest BCUT2D eigenvalue weighted by molar-refractivity contribution is -0.118. The lowest BCUT2D eigenvalue weighted by atomic mass is 10.2. The van der Waals surface area contributed by atoms with Crippen molar-refractivity contribution >= 4 is 40.5 Å². The normalized spacial score (nSPS) is 10.2. The Morgan fingerprint density at radius 3 is 2.71 bits per heavy atom. The molecule has 0 radical (unpaired) electrons. The molecule has 0 spiro atoms. The Morgan fingerprint density at radius 1 is 1.24 bits per heavy atom. The fraction of sp³-hybridized carbons (Fsp3) is 0.133. The number of amides is 1. The van der Waals surface area contributed by atoms with Crippen LogP contribution in [0.3, 0.4) is 0 Å². The predicted octanol–water partition coefficient (Wildman–Crippen LogP) is 3.90. The van der Waals surface area contributed by atoms with Gasteiger partial charge in [0.05, 0.1) is 10.7 Å². The van der Waals surface area contributed by atoms with E-state index >= 15 is 0 Å².